The molecule has 2 rings (SSSR count). The van der Waals surface area contributed by atoms with E-state index in [1.807, 2.05) is 46.1 Å². The second-order valence-corrected chi connectivity index (χ2v) is 26.6. The number of rotatable bonds is 12. The molecule has 1 aliphatic rings. The molecule has 2 heterocycles. The highest BCUT2D eigenvalue weighted by molar-refractivity contribution is 9.10. The van der Waals surface area contributed by atoms with Gasteiger partial charge in [-0.2, -0.15) is 0 Å². The predicted octanol–water partition coefficient (Wildman–Crippen LogP) is 10.5. The Bertz CT molecular complexity index is 1200. The Hall–Kier alpha value is -0.696. The van der Waals surface area contributed by atoms with Crippen LogP contribution in [0.25, 0.3) is 6.08 Å². The third kappa shape index (κ3) is 11.6. The van der Waals surface area contributed by atoms with E-state index < -0.39 is 57.1 Å². The van der Waals surface area contributed by atoms with Crippen molar-refractivity contribution in [3.05, 3.63) is 21.7 Å². The molecule has 7 atom stereocenters. The lowest BCUT2D eigenvalue weighted by Gasteiger charge is -2.45. The van der Waals surface area contributed by atoms with Crippen LogP contribution in [0.2, 0.25) is 36.3 Å². The minimum absolute atomic E-state index is 0.0580. The number of aliphatic hydroxyl groups excluding tert-OH is 1. The van der Waals surface area contributed by atoms with E-state index in [-0.39, 0.29) is 17.8 Å². The molecule has 0 amide bonds. The van der Waals surface area contributed by atoms with E-state index in [2.05, 4.69) is 69.4 Å². The molecule has 11 heteroatoms. The molecule has 1 saturated heterocycles. The fourth-order valence-corrected chi connectivity index (χ4v) is 15.2. The molecule has 0 bridgehead atoms. The largest absolute Gasteiger partial charge is 0.457 e. The van der Waals surface area contributed by atoms with Crippen molar-refractivity contribution >= 4 is 61.7 Å². The van der Waals surface area contributed by atoms with Crippen molar-refractivity contribution in [1.29, 1.82) is 0 Å². The molecule has 0 spiro atoms. The molecule has 0 aliphatic carbocycles. The summed E-state index contributed by atoms with van der Waals surface area (Å²) in [5, 5.41) is 14.1. The number of Topliss-reactive ketones (excluding diaryl/α,β-unsaturated/α-hetero) is 1. The maximum Gasteiger partial charge on any atom is 0.323 e. The zero-order chi connectivity index (χ0) is 37.2. The van der Waals surface area contributed by atoms with Gasteiger partial charge in [0, 0.05) is 11.3 Å². The lowest BCUT2D eigenvalue weighted by Crippen LogP contribution is -2.56. The highest BCUT2D eigenvalue weighted by atomic mass is 79.9. The van der Waals surface area contributed by atoms with Crippen LogP contribution in [-0.4, -0.2) is 67.7 Å². The van der Waals surface area contributed by atoms with Crippen molar-refractivity contribution in [3.8, 4) is 0 Å². The van der Waals surface area contributed by atoms with Gasteiger partial charge < -0.3 is 18.7 Å². The second kappa shape index (κ2) is 19.9. The topological polar surface area (TPSA) is 95.0 Å². The Labute approximate surface area is 313 Å². The fourth-order valence-electron chi connectivity index (χ4n) is 7.53. The summed E-state index contributed by atoms with van der Waals surface area (Å²) in [6, 6.07) is 5.68. The van der Waals surface area contributed by atoms with Gasteiger partial charge in [0.1, 0.15) is 16.7 Å². The molecule has 49 heavy (non-hydrogen) atoms. The Kier molecular flexibility index (Phi) is 18.1. The molecule has 282 valence electrons. The molecule has 0 radical (unpaired) electrons. The van der Waals surface area contributed by atoms with Gasteiger partial charge in [0.2, 0.25) is 0 Å². The standard InChI is InChI=1S/C38H68BrNO6SSi2/c1-13-48(14-2,15-3)45-34-26(7)20-19-21-31(41)22-23-32(27(8)24-30-25-47-29(10)40-30)44-37(43)33(39)36(38(11,12)35(42)28(34)9)46-49(16-4,17-5)18-6/h24-26,28,31-34,36,41H,13-23H2,1-12H3. The monoisotopic (exact) mass is 801 g/mol. The van der Waals surface area contributed by atoms with Crippen molar-refractivity contribution in [2.45, 2.75) is 181 Å². The lowest BCUT2D eigenvalue weighted by molar-refractivity contribution is -0.152. The average Bonchev–Trinajstić information content (AvgIpc) is 3.50. The summed E-state index contributed by atoms with van der Waals surface area (Å²) < 4.78 is 20.7. The number of carbonyl (C=O) groups excluding carboxylic acids is 2. The molecule has 1 aromatic heterocycles. The fraction of sp³-hybridized carbons (Fsp3) is 0.816. The van der Waals surface area contributed by atoms with Crippen LogP contribution in [0, 0.1) is 24.2 Å². The van der Waals surface area contributed by atoms with Crippen LogP contribution in [0.4, 0.5) is 0 Å². The van der Waals surface area contributed by atoms with E-state index in [0.717, 1.165) is 65.4 Å². The molecule has 0 aromatic carbocycles. The number of esters is 1. The molecule has 7 unspecified atom stereocenters. The van der Waals surface area contributed by atoms with Gasteiger partial charge in [0.05, 0.1) is 34.4 Å². The molecule has 7 nitrogen and oxygen atoms in total. The van der Waals surface area contributed by atoms with E-state index in [4.69, 9.17) is 13.6 Å². The first-order chi connectivity index (χ1) is 23.0. The number of ether oxygens (including phenoxy) is 1. The molecule has 1 N–H and O–H groups in total. The summed E-state index contributed by atoms with van der Waals surface area (Å²) in [5.74, 6) is -0.663. The molecular weight excluding hydrogens is 735 g/mol. The average molecular weight is 803 g/mol. The van der Waals surface area contributed by atoms with Crippen molar-refractivity contribution in [3.63, 3.8) is 0 Å². The Balaban J connectivity index is 2.69. The number of nitrogens with zero attached hydrogens (tertiary/aromatic N) is 1. The van der Waals surface area contributed by atoms with Gasteiger partial charge in [-0.1, -0.05) is 91.6 Å². The molecule has 1 aliphatic heterocycles. The normalized spacial score (nSPS) is 28.8. The van der Waals surface area contributed by atoms with Crippen molar-refractivity contribution in [2.75, 3.05) is 0 Å². The highest BCUT2D eigenvalue weighted by Crippen LogP contribution is 2.41. The molecule has 1 fully saturated rings. The minimum Gasteiger partial charge on any atom is -0.457 e. The van der Waals surface area contributed by atoms with Crippen molar-refractivity contribution < 1.29 is 28.3 Å². The van der Waals surface area contributed by atoms with Gasteiger partial charge in [-0.15, -0.1) is 11.3 Å². The quantitative estimate of drug-likeness (QED) is 0.128. The van der Waals surface area contributed by atoms with Gasteiger partial charge in [0.25, 0.3) is 0 Å². The third-order valence-electron chi connectivity index (χ3n) is 11.7. The van der Waals surface area contributed by atoms with Gasteiger partial charge in [-0.3, -0.25) is 9.59 Å². The number of hydrogen-bond donors (Lipinski definition) is 1. The zero-order valence-corrected chi connectivity index (χ0v) is 37.1. The SMILES string of the molecule is CC[Si](CC)(CC)OC1C(C)CCCC(O)CCC(C(C)=Cc2csc(C)n2)OC(=O)C(Br)C(O[Si](CC)(CC)CC)C(C)(C)C(=O)C1C. The van der Waals surface area contributed by atoms with Crippen LogP contribution in [0.15, 0.2) is 11.0 Å². The first-order valence-corrected chi connectivity index (χ1v) is 25.9. The molecule has 0 saturated carbocycles. The number of hydrogen-bond acceptors (Lipinski definition) is 8. The molecule has 1 aromatic rings. The Morgan fingerprint density at radius 3 is 2.04 bits per heavy atom. The Morgan fingerprint density at radius 1 is 0.980 bits per heavy atom. The lowest BCUT2D eigenvalue weighted by atomic mass is 9.73. The van der Waals surface area contributed by atoms with E-state index in [9.17, 15) is 14.7 Å². The van der Waals surface area contributed by atoms with E-state index >= 15 is 0 Å². The van der Waals surface area contributed by atoms with Gasteiger partial charge in [-0.25, -0.2) is 4.98 Å². The van der Waals surface area contributed by atoms with Crippen LogP contribution >= 0.6 is 27.3 Å². The number of thiazole rings is 1. The van der Waals surface area contributed by atoms with Crippen LogP contribution in [-0.2, 0) is 23.2 Å². The highest BCUT2D eigenvalue weighted by Gasteiger charge is 2.51. The number of aromatic nitrogens is 1. The minimum atomic E-state index is -2.29. The summed E-state index contributed by atoms with van der Waals surface area (Å²) >= 11 is 5.35. The van der Waals surface area contributed by atoms with Crippen LogP contribution in [0.3, 0.4) is 0 Å². The maximum absolute atomic E-state index is 15.0. The summed E-state index contributed by atoms with van der Waals surface area (Å²) in [7, 11) is -4.35. The van der Waals surface area contributed by atoms with Crippen molar-refractivity contribution in [2.24, 2.45) is 17.3 Å². The van der Waals surface area contributed by atoms with E-state index in [0.29, 0.717) is 19.3 Å². The number of aryl methyl sites for hydroxylation is 1. The Morgan fingerprint density at radius 2 is 1.53 bits per heavy atom. The number of ketones is 1. The van der Waals surface area contributed by atoms with Gasteiger partial charge >= 0.3 is 5.97 Å². The molecular formula is C38H68BrNO6SSi2. The number of halogens is 1. The number of alkyl halides is 1. The second-order valence-electron chi connectivity index (χ2n) is 15.1. The number of aliphatic hydroxyl groups is 1. The summed E-state index contributed by atoms with van der Waals surface area (Å²) in [6.45, 7) is 25.3. The summed E-state index contributed by atoms with van der Waals surface area (Å²) in [4.78, 5) is 32.9. The van der Waals surface area contributed by atoms with Crippen LogP contribution < -0.4 is 0 Å². The first-order valence-electron chi connectivity index (χ1n) is 19.0. The van der Waals surface area contributed by atoms with Gasteiger partial charge in [0.15, 0.2) is 16.6 Å². The predicted molar refractivity (Wildman–Crippen MR) is 213 cm³/mol. The summed E-state index contributed by atoms with van der Waals surface area (Å²) in [6.07, 6.45) is 3.25. The van der Waals surface area contributed by atoms with Crippen molar-refractivity contribution in [1.82, 2.24) is 4.98 Å². The summed E-state index contributed by atoms with van der Waals surface area (Å²) in [5.41, 5.74) is 0.695. The van der Waals surface area contributed by atoms with Crippen LogP contribution in [0.5, 0.6) is 0 Å². The maximum atomic E-state index is 15.0. The third-order valence-corrected chi connectivity index (χ3v) is 22.6. The number of cyclic esters (lactones) is 1. The van der Waals surface area contributed by atoms with E-state index in [1.165, 1.54) is 0 Å². The zero-order valence-electron chi connectivity index (χ0n) is 32.7. The first kappa shape index (κ1) is 44.5. The smallest absolute Gasteiger partial charge is 0.323 e. The van der Waals surface area contributed by atoms with Gasteiger partial charge in [-0.05, 0) is 93.4 Å². The number of carbonyl (C=O) groups is 2. The van der Waals surface area contributed by atoms with Crippen LogP contribution in [0.1, 0.15) is 119 Å². The van der Waals surface area contributed by atoms with E-state index in [1.54, 1.807) is 11.3 Å².